The number of aromatic hydroxyl groups is 2. The second-order valence-electron chi connectivity index (χ2n) is 7.59. The van der Waals surface area contributed by atoms with Crippen molar-refractivity contribution in [3.63, 3.8) is 0 Å². The highest BCUT2D eigenvalue weighted by Crippen LogP contribution is 2.24. The van der Waals surface area contributed by atoms with Crippen molar-refractivity contribution in [2.24, 2.45) is 0 Å². The van der Waals surface area contributed by atoms with E-state index in [0.717, 1.165) is 0 Å². The average molecular weight is 428 g/mol. The summed E-state index contributed by atoms with van der Waals surface area (Å²) in [6, 6.07) is 14.7. The summed E-state index contributed by atoms with van der Waals surface area (Å²) in [6.07, 6.45) is 0. The summed E-state index contributed by atoms with van der Waals surface area (Å²) in [7, 11) is 0. The monoisotopic (exact) mass is 428 g/mol. The summed E-state index contributed by atoms with van der Waals surface area (Å²) >= 11 is 0. The maximum atomic E-state index is 9.02. The third-order valence-electron chi connectivity index (χ3n) is 3.47. The smallest absolute Gasteiger partial charge is 0.115 e. The molecule has 0 aliphatic rings. The lowest BCUT2D eigenvalue weighted by Gasteiger charge is -2.18. The second kappa shape index (κ2) is 8.57. The van der Waals surface area contributed by atoms with Crippen LogP contribution in [0.2, 0.25) is 0 Å². The van der Waals surface area contributed by atoms with Gasteiger partial charge in [-0.05, 0) is 46.2 Å². The molecule has 2 N–H and O–H groups in total. The summed E-state index contributed by atoms with van der Waals surface area (Å²) in [4.78, 5) is 0. The third-order valence-corrected chi connectivity index (χ3v) is 3.47. The Kier molecular flexibility index (Phi) is 8.12. The zero-order chi connectivity index (χ0) is 17.0. The maximum Gasteiger partial charge on any atom is 0.115 e. The first-order valence-corrected chi connectivity index (χ1v) is 7.59. The zero-order valence-corrected chi connectivity index (χ0v) is 17.3. The van der Waals surface area contributed by atoms with E-state index in [9.17, 15) is 0 Å². The Bertz CT molecular complexity index is 518. The molecule has 3 heteroatoms. The van der Waals surface area contributed by atoms with Gasteiger partial charge in [-0.1, -0.05) is 65.8 Å². The molecule has 0 spiro atoms. The van der Waals surface area contributed by atoms with Gasteiger partial charge in [0.1, 0.15) is 11.5 Å². The Morgan fingerprint density at radius 2 is 0.739 bits per heavy atom. The van der Waals surface area contributed by atoms with Gasteiger partial charge >= 0.3 is 0 Å². The summed E-state index contributed by atoms with van der Waals surface area (Å²) < 4.78 is 0. The molecule has 0 aromatic heterocycles. The summed E-state index contributed by atoms with van der Waals surface area (Å²) in [6.45, 7) is 12.9. The van der Waals surface area contributed by atoms with Crippen LogP contribution >= 0.6 is 24.0 Å². The minimum Gasteiger partial charge on any atom is -0.508 e. The number of phenols is 2. The van der Waals surface area contributed by atoms with Gasteiger partial charge in [0.15, 0.2) is 0 Å². The molecule has 2 aromatic rings. The summed E-state index contributed by atoms with van der Waals surface area (Å²) in [5.74, 6) is 0.663. The van der Waals surface area contributed by atoms with Gasteiger partial charge in [-0.3, -0.25) is 0 Å². The highest BCUT2D eigenvalue weighted by Gasteiger charge is 2.13. The number of rotatable bonds is 0. The average Bonchev–Trinajstić information content (AvgIpc) is 2.38. The van der Waals surface area contributed by atoms with Crippen molar-refractivity contribution in [2.45, 2.75) is 52.4 Å². The lowest BCUT2D eigenvalue weighted by atomic mass is 9.87. The molecule has 0 fully saturated rings. The van der Waals surface area contributed by atoms with Crippen LogP contribution in [0.3, 0.4) is 0 Å². The number of hydrogen-bond acceptors (Lipinski definition) is 2. The minimum absolute atomic E-state index is 0. The Morgan fingerprint density at radius 1 is 0.522 bits per heavy atom. The van der Waals surface area contributed by atoms with Crippen LogP contribution in [-0.2, 0) is 10.8 Å². The van der Waals surface area contributed by atoms with E-state index in [0.29, 0.717) is 11.5 Å². The SMILES string of the molecule is CC(C)(C)c1ccc(O)cc1.CC(C)(C)c1ccc(O)cc1.I. The van der Waals surface area contributed by atoms with Crippen molar-refractivity contribution in [1.82, 2.24) is 0 Å². The van der Waals surface area contributed by atoms with Gasteiger partial charge in [0.05, 0.1) is 0 Å². The fourth-order valence-corrected chi connectivity index (χ4v) is 1.92. The molecule has 0 aliphatic carbocycles. The maximum absolute atomic E-state index is 9.02. The molecule has 0 aliphatic heterocycles. The summed E-state index contributed by atoms with van der Waals surface area (Å²) in [5.41, 5.74) is 2.84. The lowest BCUT2D eigenvalue weighted by molar-refractivity contribution is 0.473. The number of hydrogen-bond donors (Lipinski definition) is 2. The molecule has 2 rings (SSSR count). The second-order valence-corrected chi connectivity index (χ2v) is 7.59. The first-order chi connectivity index (χ1) is 10.00. The lowest BCUT2D eigenvalue weighted by Crippen LogP contribution is -2.10. The van der Waals surface area contributed by atoms with Crippen molar-refractivity contribution in [1.29, 1.82) is 0 Å². The molecule has 0 radical (unpaired) electrons. The first-order valence-electron chi connectivity index (χ1n) is 7.59. The van der Waals surface area contributed by atoms with Crippen LogP contribution in [0.15, 0.2) is 48.5 Å². The predicted octanol–water partition coefficient (Wildman–Crippen LogP) is 6.00. The van der Waals surface area contributed by atoms with E-state index in [4.69, 9.17) is 10.2 Å². The molecular weight excluding hydrogens is 399 g/mol. The molecule has 0 saturated carbocycles. The van der Waals surface area contributed by atoms with Gasteiger partial charge < -0.3 is 10.2 Å². The fraction of sp³-hybridized carbons (Fsp3) is 0.400. The van der Waals surface area contributed by atoms with E-state index >= 15 is 0 Å². The molecule has 23 heavy (non-hydrogen) atoms. The molecule has 2 aromatic carbocycles. The topological polar surface area (TPSA) is 40.5 Å². The van der Waals surface area contributed by atoms with E-state index < -0.39 is 0 Å². The largest absolute Gasteiger partial charge is 0.508 e. The van der Waals surface area contributed by atoms with Gasteiger partial charge in [-0.2, -0.15) is 0 Å². The molecule has 0 saturated heterocycles. The standard InChI is InChI=1S/2C10H14O.HI/c2*1-10(2,3)8-4-6-9(11)7-5-8;/h2*4-7,11H,1-3H3;1H. The quantitative estimate of drug-likeness (QED) is 0.506. The predicted molar refractivity (Wildman–Crippen MR) is 109 cm³/mol. The molecule has 0 bridgehead atoms. The van der Waals surface area contributed by atoms with Crippen LogP contribution in [0.5, 0.6) is 11.5 Å². The Hall–Kier alpha value is -1.23. The van der Waals surface area contributed by atoms with Crippen LogP contribution in [0.1, 0.15) is 52.7 Å². The normalized spacial score (nSPS) is 11.0. The zero-order valence-electron chi connectivity index (χ0n) is 14.9. The van der Waals surface area contributed by atoms with E-state index in [1.54, 1.807) is 24.3 Å². The number of halogens is 1. The third kappa shape index (κ3) is 7.73. The van der Waals surface area contributed by atoms with Crippen molar-refractivity contribution in [2.75, 3.05) is 0 Å². The molecule has 2 nitrogen and oxygen atoms in total. The molecule has 128 valence electrons. The molecule has 0 amide bonds. The fourth-order valence-electron chi connectivity index (χ4n) is 1.92. The molecule has 0 atom stereocenters. The van der Waals surface area contributed by atoms with Crippen LogP contribution in [-0.4, -0.2) is 10.2 Å². The van der Waals surface area contributed by atoms with Gasteiger partial charge in [-0.25, -0.2) is 0 Å². The van der Waals surface area contributed by atoms with Crippen LogP contribution in [0.4, 0.5) is 0 Å². The van der Waals surface area contributed by atoms with Gasteiger partial charge in [0.25, 0.3) is 0 Å². The van der Waals surface area contributed by atoms with Crippen molar-refractivity contribution < 1.29 is 10.2 Å². The van der Waals surface area contributed by atoms with E-state index in [-0.39, 0.29) is 34.8 Å². The van der Waals surface area contributed by atoms with E-state index in [1.807, 2.05) is 24.3 Å². The highest BCUT2D eigenvalue weighted by atomic mass is 127. The van der Waals surface area contributed by atoms with Crippen LogP contribution < -0.4 is 0 Å². The first kappa shape index (κ1) is 21.8. The minimum atomic E-state index is 0. The number of phenolic OH excluding ortho intramolecular Hbond substituents is 2. The van der Waals surface area contributed by atoms with Crippen LogP contribution in [0, 0.1) is 0 Å². The molecule has 0 unspecified atom stereocenters. The van der Waals surface area contributed by atoms with Crippen molar-refractivity contribution >= 4 is 24.0 Å². The Balaban J connectivity index is 0.000000403. The molecule has 0 heterocycles. The van der Waals surface area contributed by atoms with Gasteiger partial charge in [-0.15, -0.1) is 24.0 Å². The van der Waals surface area contributed by atoms with Gasteiger partial charge in [0, 0.05) is 0 Å². The Labute approximate surface area is 157 Å². The Morgan fingerprint density at radius 3 is 0.913 bits per heavy atom. The highest BCUT2D eigenvalue weighted by molar-refractivity contribution is 14.0. The van der Waals surface area contributed by atoms with Crippen molar-refractivity contribution in [3.05, 3.63) is 59.7 Å². The van der Waals surface area contributed by atoms with E-state index in [1.165, 1.54) is 11.1 Å². The number of benzene rings is 2. The van der Waals surface area contributed by atoms with Crippen LogP contribution in [0.25, 0.3) is 0 Å². The summed E-state index contributed by atoms with van der Waals surface area (Å²) in [5, 5.41) is 18.0. The van der Waals surface area contributed by atoms with Gasteiger partial charge in [0.2, 0.25) is 0 Å². The van der Waals surface area contributed by atoms with E-state index in [2.05, 4.69) is 41.5 Å². The molecular formula is C20H29IO2. The van der Waals surface area contributed by atoms with Crippen molar-refractivity contribution in [3.8, 4) is 11.5 Å².